The molecule has 0 atom stereocenters. The van der Waals surface area contributed by atoms with Crippen LogP contribution in [0.15, 0.2) is 57.7 Å². The lowest BCUT2D eigenvalue weighted by Crippen LogP contribution is -2.35. The first-order valence-electron chi connectivity index (χ1n) is 8.69. The number of benzene rings is 2. The Morgan fingerprint density at radius 1 is 1.00 bits per heavy atom. The second-order valence-corrected chi connectivity index (χ2v) is 6.48. The summed E-state index contributed by atoms with van der Waals surface area (Å²) in [4.78, 5) is 26.8. The van der Waals surface area contributed by atoms with E-state index in [0.717, 1.165) is 31.5 Å². The van der Waals surface area contributed by atoms with E-state index in [4.69, 9.17) is 4.42 Å². The molecule has 1 fully saturated rings. The van der Waals surface area contributed by atoms with Crippen LogP contribution in [-0.4, -0.2) is 28.5 Å². The van der Waals surface area contributed by atoms with E-state index in [1.165, 1.54) is 6.42 Å². The first-order chi connectivity index (χ1) is 12.2. The predicted octanol–water partition coefficient (Wildman–Crippen LogP) is 3.27. The summed E-state index contributed by atoms with van der Waals surface area (Å²) < 4.78 is 6.91. The molecular formula is C20H20N2O3. The largest absolute Gasteiger partial charge is 0.420 e. The zero-order chi connectivity index (χ0) is 17.2. The van der Waals surface area contributed by atoms with Gasteiger partial charge in [-0.15, -0.1) is 0 Å². The third kappa shape index (κ3) is 3.09. The van der Waals surface area contributed by atoms with Crippen molar-refractivity contribution >= 4 is 17.0 Å². The van der Waals surface area contributed by atoms with Gasteiger partial charge in [-0.05, 0) is 43.0 Å². The summed E-state index contributed by atoms with van der Waals surface area (Å²) >= 11 is 0. The molecule has 128 valence electrons. The molecule has 4 rings (SSSR count). The summed E-state index contributed by atoms with van der Waals surface area (Å²) in [5.41, 5.74) is 2.80. The highest BCUT2D eigenvalue weighted by Crippen LogP contribution is 2.19. The number of hydrogen-bond donors (Lipinski definition) is 0. The minimum atomic E-state index is -0.401. The van der Waals surface area contributed by atoms with Crippen LogP contribution in [-0.2, 0) is 6.54 Å². The van der Waals surface area contributed by atoms with E-state index in [2.05, 4.69) is 0 Å². The average Bonchev–Trinajstić information content (AvgIpc) is 2.97. The lowest BCUT2D eigenvalue weighted by Gasteiger charge is -2.26. The van der Waals surface area contributed by atoms with E-state index in [1.807, 2.05) is 35.2 Å². The molecule has 1 aliphatic rings. The fourth-order valence-corrected chi connectivity index (χ4v) is 3.39. The molecule has 0 unspecified atom stereocenters. The third-order valence-corrected chi connectivity index (χ3v) is 4.74. The van der Waals surface area contributed by atoms with Crippen LogP contribution in [0.25, 0.3) is 11.1 Å². The van der Waals surface area contributed by atoms with Crippen LogP contribution in [0.1, 0.15) is 35.2 Å². The van der Waals surface area contributed by atoms with Gasteiger partial charge in [-0.3, -0.25) is 9.36 Å². The first-order valence-corrected chi connectivity index (χ1v) is 8.69. The number of nitrogens with zero attached hydrogens (tertiary/aromatic N) is 2. The number of carbonyl (C=O) groups is 1. The van der Waals surface area contributed by atoms with Gasteiger partial charge in [0.15, 0.2) is 5.58 Å². The van der Waals surface area contributed by atoms with Gasteiger partial charge in [0.2, 0.25) is 0 Å². The molecular weight excluding hydrogens is 316 g/mol. The Morgan fingerprint density at radius 2 is 1.76 bits per heavy atom. The fourth-order valence-electron chi connectivity index (χ4n) is 3.39. The molecule has 1 saturated heterocycles. The topological polar surface area (TPSA) is 55.5 Å². The highest BCUT2D eigenvalue weighted by molar-refractivity contribution is 5.97. The number of carbonyl (C=O) groups excluding carboxylic acids is 1. The van der Waals surface area contributed by atoms with Gasteiger partial charge >= 0.3 is 5.76 Å². The van der Waals surface area contributed by atoms with Gasteiger partial charge in [-0.25, -0.2) is 4.79 Å². The van der Waals surface area contributed by atoms with Crippen LogP contribution in [0.4, 0.5) is 0 Å². The third-order valence-electron chi connectivity index (χ3n) is 4.74. The van der Waals surface area contributed by atoms with Gasteiger partial charge < -0.3 is 9.32 Å². The number of rotatable bonds is 3. The monoisotopic (exact) mass is 336 g/mol. The standard InChI is InChI=1S/C20H20N2O3/c23-19(21-11-5-2-6-12-21)16-9-10-18-17(13-16)22(20(24)25-18)14-15-7-3-1-4-8-15/h1,3-4,7-10,13H,2,5-6,11-12,14H2. The van der Waals surface area contributed by atoms with E-state index < -0.39 is 5.76 Å². The zero-order valence-electron chi connectivity index (χ0n) is 14.0. The smallest absolute Gasteiger partial charge is 0.408 e. The van der Waals surface area contributed by atoms with Crippen molar-refractivity contribution in [3.8, 4) is 0 Å². The SMILES string of the molecule is O=C(c1ccc2oc(=O)n(Cc3ccccc3)c2c1)N1CCCCC1. The Labute approximate surface area is 145 Å². The molecule has 1 aromatic heterocycles. The molecule has 0 aliphatic carbocycles. The van der Waals surface area contributed by atoms with Crippen molar-refractivity contribution < 1.29 is 9.21 Å². The second-order valence-electron chi connectivity index (χ2n) is 6.48. The molecule has 0 spiro atoms. The van der Waals surface area contributed by atoms with Crippen molar-refractivity contribution in [2.75, 3.05) is 13.1 Å². The van der Waals surface area contributed by atoms with Crippen LogP contribution < -0.4 is 5.76 Å². The number of likely N-dealkylation sites (tertiary alicyclic amines) is 1. The molecule has 5 heteroatoms. The van der Waals surface area contributed by atoms with E-state index >= 15 is 0 Å². The molecule has 0 saturated carbocycles. The summed E-state index contributed by atoms with van der Waals surface area (Å²) in [5, 5.41) is 0. The van der Waals surface area contributed by atoms with Crippen molar-refractivity contribution in [1.82, 2.24) is 9.47 Å². The molecule has 2 heterocycles. The Balaban J connectivity index is 1.70. The molecule has 1 amide bonds. The molecule has 3 aromatic rings. The van der Waals surface area contributed by atoms with Gasteiger partial charge in [-0.1, -0.05) is 30.3 Å². The lowest BCUT2D eigenvalue weighted by atomic mass is 10.1. The van der Waals surface area contributed by atoms with Gasteiger partial charge in [0.25, 0.3) is 5.91 Å². The second kappa shape index (κ2) is 6.59. The average molecular weight is 336 g/mol. The van der Waals surface area contributed by atoms with Crippen molar-refractivity contribution in [2.45, 2.75) is 25.8 Å². The fraction of sp³-hybridized carbons (Fsp3) is 0.300. The molecule has 0 N–H and O–H groups in total. The molecule has 0 bridgehead atoms. The van der Waals surface area contributed by atoms with Gasteiger partial charge in [0.1, 0.15) is 0 Å². The summed E-state index contributed by atoms with van der Waals surface area (Å²) in [7, 11) is 0. The number of fused-ring (bicyclic) bond motifs is 1. The molecule has 1 aliphatic heterocycles. The minimum absolute atomic E-state index is 0.0292. The first kappa shape index (κ1) is 15.7. The normalized spacial score (nSPS) is 14.8. The Morgan fingerprint density at radius 3 is 2.52 bits per heavy atom. The van der Waals surface area contributed by atoms with Gasteiger partial charge in [0.05, 0.1) is 12.1 Å². The Hall–Kier alpha value is -2.82. The summed E-state index contributed by atoms with van der Waals surface area (Å²) in [6.45, 7) is 2.03. The van der Waals surface area contributed by atoms with E-state index in [-0.39, 0.29) is 5.91 Å². The van der Waals surface area contributed by atoms with Gasteiger partial charge in [-0.2, -0.15) is 0 Å². The number of oxazole rings is 1. The van der Waals surface area contributed by atoms with E-state index in [9.17, 15) is 9.59 Å². The Kier molecular flexibility index (Phi) is 4.14. The predicted molar refractivity (Wildman–Crippen MR) is 95.8 cm³/mol. The van der Waals surface area contributed by atoms with Crippen molar-refractivity contribution in [3.05, 3.63) is 70.2 Å². The van der Waals surface area contributed by atoms with Crippen molar-refractivity contribution in [3.63, 3.8) is 0 Å². The molecule has 2 aromatic carbocycles. The summed E-state index contributed by atoms with van der Waals surface area (Å²) in [6.07, 6.45) is 3.29. The maximum absolute atomic E-state index is 12.7. The highest BCUT2D eigenvalue weighted by atomic mass is 16.4. The van der Waals surface area contributed by atoms with Crippen LogP contribution in [0.3, 0.4) is 0 Å². The number of piperidine rings is 1. The summed E-state index contributed by atoms with van der Waals surface area (Å²) in [6, 6.07) is 15.0. The van der Waals surface area contributed by atoms with E-state index in [1.54, 1.807) is 22.8 Å². The van der Waals surface area contributed by atoms with Crippen LogP contribution in [0.2, 0.25) is 0 Å². The van der Waals surface area contributed by atoms with Crippen molar-refractivity contribution in [2.24, 2.45) is 0 Å². The summed E-state index contributed by atoms with van der Waals surface area (Å²) in [5.74, 6) is -0.372. The number of amides is 1. The zero-order valence-corrected chi connectivity index (χ0v) is 14.0. The maximum atomic E-state index is 12.7. The number of aromatic nitrogens is 1. The van der Waals surface area contributed by atoms with E-state index in [0.29, 0.717) is 23.2 Å². The van der Waals surface area contributed by atoms with Crippen LogP contribution in [0.5, 0.6) is 0 Å². The molecule has 25 heavy (non-hydrogen) atoms. The van der Waals surface area contributed by atoms with Crippen molar-refractivity contribution in [1.29, 1.82) is 0 Å². The molecule has 0 radical (unpaired) electrons. The maximum Gasteiger partial charge on any atom is 0.420 e. The van der Waals surface area contributed by atoms with Crippen LogP contribution in [0, 0.1) is 0 Å². The Bertz CT molecular complexity index is 950. The van der Waals surface area contributed by atoms with Crippen LogP contribution >= 0.6 is 0 Å². The lowest BCUT2D eigenvalue weighted by molar-refractivity contribution is 0.0724. The highest BCUT2D eigenvalue weighted by Gasteiger charge is 2.20. The minimum Gasteiger partial charge on any atom is -0.408 e. The van der Waals surface area contributed by atoms with Gasteiger partial charge in [0, 0.05) is 18.7 Å². The molecule has 5 nitrogen and oxygen atoms in total. The number of hydrogen-bond acceptors (Lipinski definition) is 3. The quantitative estimate of drug-likeness (QED) is 0.737.